The van der Waals surface area contributed by atoms with Gasteiger partial charge in [-0.2, -0.15) is 5.26 Å². The lowest BCUT2D eigenvalue weighted by atomic mass is 10.1. The molecule has 4 heteroatoms. The zero-order valence-corrected chi connectivity index (χ0v) is 10.2. The van der Waals surface area contributed by atoms with E-state index < -0.39 is 0 Å². The highest BCUT2D eigenvalue weighted by molar-refractivity contribution is 9.10. The Balaban J connectivity index is 2.96. The molecule has 0 aliphatic carbocycles. The minimum atomic E-state index is -0.289. The van der Waals surface area contributed by atoms with Gasteiger partial charge in [0.25, 0.3) is 0 Å². The van der Waals surface area contributed by atoms with E-state index in [-0.39, 0.29) is 11.9 Å². The molecule has 0 heterocycles. The normalized spacial score (nSPS) is 11.9. The Hall–Kier alpha value is -1.08. The third kappa shape index (κ3) is 2.93. The first-order valence-electron chi connectivity index (χ1n) is 4.70. The highest BCUT2D eigenvalue weighted by Gasteiger charge is 2.09. The lowest BCUT2D eigenvalue weighted by Crippen LogP contribution is -2.16. The molecule has 1 aromatic carbocycles. The predicted molar refractivity (Wildman–Crippen MR) is 62.2 cm³/mol. The van der Waals surface area contributed by atoms with Crippen molar-refractivity contribution in [3.8, 4) is 6.07 Å². The Bertz CT molecular complexity index is 398. The summed E-state index contributed by atoms with van der Waals surface area (Å²) in [7, 11) is 0. The molecule has 1 unspecified atom stereocenters. The molecule has 1 aromatic rings. The summed E-state index contributed by atoms with van der Waals surface area (Å²) >= 11 is 3.12. The molecule has 15 heavy (non-hydrogen) atoms. The molecule has 0 aliphatic heterocycles. The maximum absolute atomic E-state index is 13.1. The monoisotopic (exact) mass is 270 g/mol. The minimum absolute atomic E-state index is 0.235. The van der Waals surface area contributed by atoms with E-state index >= 15 is 0 Å². The van der Waals surface area contributed by atoms with Gasteiger partial charge in [0.05, 0.1) is 10.5 Å². The number of hydrogen-bond acceptors (Lipinski definition) is 2. The molecular weight excluding hydrogens is 259 g/mol. The van der Waals surface area contributed by atoms with Gasteiger partial charge in [-0.3, -0.25) is 0 Å². The first-order valence-corrected chi connectivity index (χ1v) is 5.49. The largest absolute Gasteiger partial charge is 0.370 e. The molecule has 0 aromatic heterocycles. The number of benzene rings is 1. The van der Waals surface area contributed by atoms with Crippen LogP contribution in [0, 0.1) is 24.1 Å². The van der Waals surface area contributed by atoms with E-state index in [0.717, 1.165) is 11.3 Å². The molecule has 2 nitrogen and oxygen atoms in total. The van der Waals surface area contributed by atoms with Crippen LogP contribution < -0.4 is 5.32 Å². The van der Waals surface area contributed by atoms with Gasteiger partial charge in [-0.15, -0.1) is 0 Å². The van der Waals surface area contributed by atoms with Crippen molar-refractivity contribution in [2.24, 2.45) is 0 Å². The Morgan fingerprint density at radius 1 is 1.60 bits per heavy atom. The van der Waals surface area contributed by atoms with Crippen LogP contribution in [0.4, 0.5) is 10.1 Å². The highest BCUT2D eigenvalue weighted by Crippen LogP contribution is 2.24. The molecule has 0 saturated carbocycles. The molecule has 0 spiro atoms. The fourth-order valence-electron chi connectivity index (χ4n) is 1.22. The summed E-state index contributed by atoms with van der Waals surface area (Å²) in [5.74, 6) is -0.289. The Morgan fingerprint density at radius 3 is 2.80 bits per heavy atom. The average Bonchev–Trinajstić information content (AvgIpc) is 2.21. The number of aryl methyl sites for hydroxylation is 1. The van der Waals surface area contributed by atoms with E-state index in [1.54, 1.807) is 6.07 Å². The van der Waals surface area contributed by atoms with Crippen molar-refractivity contribution in [1.82, 2.24) is 0 Å². The van der Waals surface area contributed by atoms with E-state index in [4.69, 9.17) is 5.26 Å². The number of nitriles is 1. The van der Waals surface area contributed by atoms with E-state index in [2.05, 4.69) is 27.3 Å². The van der Waals surface area contributed by atoms with Gasteiger partial charge in [0.1, 0.15) is 11.9 Å². The van der Waals surface area contributed by atoms with E-state index in [1.807, 2.05) is 13.8 Å². The number of nitrogens with zero attached hydrogens (tertiary/aromatic N) is 1. The van der Waals surface area contributed by atoms with Crippen LogP contribution in [-0.4, -0.2) is 6.04 Å². The molecule has 1 N–H and O–H groups in total. The quantitative estimate of drug-likeness (QED) is 0.911. The maximum Gasteiger partial charge on any atom is 0.137 e. The maximum atomic E-state index is 13.1. The van der Waals surface area contributed by atoms with E-state index in [1.165, 1.54) is 6.07 Å². The molecule has 0 amide bonds. The highest BCUT2D eigenvalue weighted by atomic mass is 79.9. The Labute approximate surface area is 97.2 Å². The zero-order valence-electron chi connectivity index (χ0n) is 8.64. The number of halogens is 2. The number of anilines is 1. The fourth-order valence-corrected chi connectivity index (χ4v) is 1.56. The molecule has 0 fully saturated rings. The third-order valence-electron chi connectivity index (χ3n) is 2.16. The molecule has 0 bridgehead atoms. The Morgan fingerprint density at radius 2 is 2.27 bits per heavy atom. The van der Waals surface area contributed by atoms with Crippen molar-refractivity contribution < 1.29 is 4.39 Å². The predicted octanol–water partition coefficient (Wildman–Crippen LogP) is 3.61. The SMILES string of the molecule is CCC(C#N)Nc1cc(Br)c(F)cc1C. The van der Waals surface area contributed by atoms with Crippen molar-refractivity contribution in [2.45, 2.75) is 26.3 Å². The second kappa shape index (κ2) is 5.13. The van der Waals surface area contributed by atoms with Gasteiger partial charge < -0.3 is 5.32 Å². The van der Waals surface area contributed by atoms with Gasteiger partial charge in [0, 0.05) is 5.69 Å². The molecule has 0 saturated heterocycles. The van der Waals surface area contributed by atoms with Crippen LogP contribution in [0.3, 0.4) is 0 Å². The van der Waals surface area contributed by atoms with Gasteiger partial charge in [-0.05, 0) is 47.0 Å². The summed E-state index contributed by atoms with van der Waals surface area (Å²) in [6.07, 6.45) is 0.713. The first-order chi connectivity index (χ1) is 7.08. The van der Waals surface area contributed by atoms with Crippen LogP contribution in [-0.2, 0) is 0 Å². The summed E-state index contributed by atoms with van der Waals surface area (Å²) < 4.78 is 13.5. The summed E-state index contributed by atoms with van der Waals surface area (Å²) in [4.78, 5) is 0. The van der Waals surface area contributed by atoms with Crippen molar-refractivity contribution in [3.05, 3.63) is 28.0 Å². The second-order valence-electron chi connectivity index (χ2n) is 3.32. The van der Waals surface area contributed by atoms with Gasteiger partial charge in [-0.1, -0.05) is 6.92 Å². The molecule has 1 atom stereocenters. The summed E-state index contributed by atoms with van der Waals surface area (Å²) in [5.41, 5.74) is 1.58. The van der Waals surface area contributed by atoms with Crippen LogP contribution >= 0.6 is 15.9 Å². The van der Waals surface area contributed by atoms with Crippen molar-refractivity contribution in [3.63, 3.8) is 0 Å². The Kier molecular flexibility index (Phi) is 4.10. The van der Waals surface area contributed by atoms with Gasteiger partial charge in [0.2, 0.25) is 0 Å². The van der Waals surface area contributed by atoms with Gasteiger partial charge in [-0.25, -0.2) is 4.39 Å². The topological polar surface area (TPSA) is 35.8 Å². The van der Waals surface area contributed by atoms with Crippen LogP contribution in [0.2, 0.25) is 0 Å². The van der Waals surface area contributed by atoms with Crippen LogP contribution in [0.25, 0.3) is 0 Å². The third-order valence-corrected chi connectivity index (χ3v) is 2.77. The second-order valence-corrected chi connectivity index (χ2v) is 4.17. The smallest absolute Gasteiger partial charge is 0.137 e. The summed E-state index contributed by atoms with van der Waals surface area (Å²) in [6.45, 7) is 3.73. The van der Waals surface area contributed by atoms with E-state index in [0.29, 0.717) is 10.9 Å². The zero-order chi connectivity index (χ0) is 11.4. The standard InChI is InChI=1S/C11H12BrFN2/c1-3-8(6-14)15-11-5-9(12)10(13)4-7(11)2/h4-5,8,15H,3H2,1-2H3. The molecular formula is C11H12BrFN2. The minimum Gasteiger partial charge on any atom is -0.370 e. The number of rotatable bonds is 3. The molecule has 1 rings (SSSR count). The molecule has 80 valence electrons. The van der Waals surface area contributed by atoms with Crippen LogP contribution in [0.15, 0.2) is 16.6 Å². The van der Waals surface area contributed by atoms with E-state index in [9.17, 15) is 4.39 Å². The number of nitrogens with one attached hydrogen (secondary N) is 1. The van der Waals surface area contributed by atoms with Crippen LogP contribution in [0.1, 0.15) is 18.9 Å². The van der Waals surface area contributed by atoms with Crippen molar-refractivity contribution >= 4 is 21.6 Å². The first kappa shape index (κ1) is 12.0. The fraction of sp³-hybridized carbons (Fsp3) is 0.364. The summed E-state index contributed by atoms with van der Waals surface area (Å²) in [6, 6.07) is 5.00. The van der Waals surface area contributed by atoms with Crippen LogP contribution in [0.5, 0.6) is 0 Å². The summed E-state index contributed by atoms with van der Waals surface area (Å²) in [5, 5.41) is 11.9. The lowest BCUT2D eigenvalue weighted by molar-refractivity contribution is 0.620. The number of hydrogen-bond donors (Lipinski definition) is 1. The van der Waals surface area contributed by atoms with Crippen molar-refractivity contribution in [2.75, 3.05) is 5.32 Å². The van der Waals surface area contributed by atoms with Gasteiger partial charge in [0.15, 0.2) is 0 Å². The lowest BCUT2D eigenvalue weighted by Gasteiger charge is -2.13. The van der Waals surface area contributed by atoms with Gasteiger partial charge >= 0.3 is 0 Å². The molecule has 0 aliphatic rings. The van der Waals surface area contributed by atoms with Crippen molar-refractivity contribution in [1.29, 1.82) is 5.26 Å². The average molecular weight is 271 g/mol. The molecule has 0 radical (unpaired) electrons.